The van der Waals surface area contributed by atoms with E-state index < -0.39 is 17.8 Å². The molecule has 0 aliphatic carbocycles. The highest BCUT2D eigenvalue weighted by atomic mass is 19.4. The van der Waals surface area contributed by atoms with Crippen LogP contribution in [0.15, 0.2) is 48.5 Å². The molecule has 6 nitrogen and oxygen atoms in total. The number of hydrogen-bond donors (Lipinski definition) is 1. The Bertz CT molecular complexity index is 1050. The highest BCUT2D eigenvalue weighted by molar-refractivity contribution is 6.21. The summed E-state index contributed by atoms with van der Waals surface area (Å²) in [6, 6.07) is 11.9. The third-order valence-corrected chi connectivity index (χ3v) is 6.95. The van der Waals surface area contributed by atoms with Gasteiger partial charge in [0.05, 0.1) is 50.5 Å². The van der Waals surface area contributed by atoms with Gasteiger partial charge < -0.3 is 14.5 Å². The molecule has 36 heavy (non-hydrogen) atoms. The number of anilines is 2. The summed E-state index contributed by atoms with van der Waals surface area (Å²) in [7, 11) is 0. The molecule has 4 rings (SSSR count). The van der Waals surface area contributed by atoms with Crippen molar-refractivity contribution in [3.8, 4) is 5.75 Å². The number of carbonyl (C=O) groups excluding carboxylic acids is 2. The topological polar surface area (TPSA) is 54.3 Å². The fourth-order valence-electron chi connectivity index (χ4n) is 4.91. The number of amides is 2. The van der Waals surface area contributed by atoms with Crippen LogP contribution in [0.1, 0.15) is 44.6 Å². The lowest BCUT2D eigenvalue weighted by molar-refractivity contribution is -0.915. The minimum Gasteiger partial charge on any atom is -0.494 e. The van der Waals surface area contributed by atoms with Gasteiger partial charge in [0.25, 0.3) is 5.91 Å². The lowest BCUT2D eigenvalue weighted by atomic mass is 10.1. The van der Waals surface area contributed by atoms with Gasteiger partial charge in [-0.1, -0.05) is 32.3 Å². The zero-order valence-electron chi connectivity index (χ0n) is 20.5. The maximum absolute atomic E-state index is 13.2. The highest BCUT2D eigenvalue weighted by Gasteiger charge is 2.46. The molecule has 2 saturated heterocycles. The standard InChI is InChI=1S/C27H32F3N3O3/c1-2-3-4-5-17-36-23-11-9-21(10-12-23)33-25(34)19-24(26(33)35)32-15-13-31(14-16-32)22-8-6-7-20(18-22)27(28,29)30/h6-12,18,24H,2-5,13-17,19H2,1H3/p+1/t24-/m0/s1. The van der Waals surface area contributed by atoms with Crippen LogP contribution in [0.5, 0.6) is 5.75 Å². The molecular weight excluding hydrogens is 471 g/mol. The monoisotopic (exact) mass is 504 g/mol. The van der Waals surface area contributed by atoms with Crippen LogP contribution in [0.4, 0.5) is 24.5 Å². The second-order valence-corrected chi connectivity index (χ2v) is 9.42. The minimum absolute atomic E-state index is 0.132. The number of hydrogen-bond acceptors (Lipinski definition) is 4. The fraction of sp³-hybridized carbons (Fsp3) is 0.481. The van der Waals surface area contributed by atoms with Crippen LogP contribution in [-0.4, -0.2) is 50.6 Å². The Hall–Kier alpha value is -3.07. The largest absolute Gasteiger partial charge is 0.494 e. The summed E-state index contributed by atoms with van der Waals surface area (Å²) >= 11 is 0. The normalized spacial score (nSPS) is 19.3. The molecule has 194 valence electrons. The Labute approximate surface area is 209 Å². The van der Waals surface area contributed by atoms with Crippen molar-refractivity contribution >= 4 is 23.2 Å². The molecule has 9 heteroatoms. The Kier molecular flexibility index (Phi) is 8.18. The van der Waals surface area contributed by atoms with Crippen molar-refractivity contribution in [2.75, 3.05) is 42.6 Å². The van der Waals surface area contributed by atoms with Crippen molar-refractivity contribution in [3.63, 3.8) is 0 Å². The van der Waals surface area contributed by atoms with E-state index in [9.17, 15) is 22.8 Å². The lowest BCUT2D eigenvalue weighted by Crippen LogP contribution is -3.19. The number of nitrogens with one attached hydrogen (secondary N) is 1. The molecular formula is C27H33F3N3O3+. The van der Waals surface area contributed by atoms with Crippen molar-refractivity contribution in [3.05, 3.63) is 54.1 Å². The van der Waals surface area contributed by atoms with E-state index in [1.54, 1.807) is 30.3 Å². The van der Waals surface area contributed by atoms with Crippen LogP contribution in [0.3, 0.4) is 0 Å². The van der Waals surface area contributed by atoms with E-state index in [0.29, 0.717) is 49.9 Å². The summed E-state index contributed by atoms with van der Waals surface area (Å²) in [5.41, 5.74) is 0.384. The Morgan fingerprint density at radius 2 is 1.69 bits per heavy atom. The predicted octanol–water partition coefficient (Wildman–Crippen LogP) is 3.70. The van der Waals surface area contributed by atoms with E-state index in [1.807, 2.05) is 4.90 Å². The first-order chi connectivity index (χ1) is 17.3. The van der Waals surface area contributed by atoms with Crippen LogP contribution in [-0.2, 0) is 15.8 Å². The van der Waals surface area contributed by atoms with Gasteiger partial charge in [0.15, 0.2) is 6.04 Å². The third kappa shape index (κ3) is 6.00. The van der Waals surface area contributed by atoms with Gasteiger partial charge in [-0.05, 0) is 48.9 Å². The summed E-state index contributed by atoms with van der Waals surface area (Å²) < 4.78 is 45.0. The van der Waals surface area contributed by atoms with E-state index in [1.165, 1.54) is 23.8 Å². The van der Waals surface area contributed by atoms with Crippen molar-refractivity contribution in [2.24, 2.45) is 0 Å². The first-order valence-electron chi connectivity index (χ1n) is 12.6. The average molecular weight is 505 g/mol. The van der Waals surface area contributed by atoms with Gasteiger partial charge in [-0.2, -0.15) is 13.2 Å². The number of halogens is 3. The van der Waals surface area contributed by atoms with Gasteiger partial charge in [-0.15, -0.1) is 0 Å². The molecule has 2 aliphatic rings. The summed E-state index contributed by atoms with van der Waals surface area (Å²) in [5.74, 6) is 0.254. The molecule has 2 aliphatic heterocycles. The van der Waals surface area contributed by atoms with Crippen molar-refractivity contribution < 1.29 is 32.4 Å². The molecule has 0 spiro atoms. The fourth-order valence-corrected chi connectivity index (χ4v) is 4.91. The molecule has 1 N–H and O–H groups in total. The summed E-state index contributed by atoms with van der Waals surface area (Å²) in [6.07, 6.45) is 0.217. The number of benzene rings is 2. The summed E-state index contributed by atoms with van der Waals surface area (Å²) in [5, 5.41) is 0. The molecule has 2 aromatic carbocycles. The van der Waals surface area contributed by atoms with Crippen molar-refractivity contribution in [1.29, 1.82) is 0 Å². The number of alkyl halides is 3. The van der Waals surface area contributed by atoms with Crippen molar-refractivity contribution in [1.82, 2.24) is 0 Å². The van der Waals surface area contributed by atoms with Crippen LogP contribution < -0.4 is 19.4 Å². The summed E-state index contributed by atoms with van der Waals surface area (Å²) in [4.78, 5) is 30.1. The van der Waals surface area contributed by atoms with Crippen LogP contribution in [0.25, 0.3) is 0 Å². The molecule has 2 aromatic rings. The average Bonchev–Trinajstić information content (AvgIpc) is 3.17. The first-order valence-corrected chi connectivity index (χ1v) is 12.6. The quantitative estimate of drug-likeness (QED) is 0.418. The van der Waals surface area contributed by atoms with Gasteiger partial charge in [0, 0.05) is 5.69 Å². The predicted molar refractivity (Wildman–Crippen MR) is 131 cm³/mol. The molecule has 0 radical (unpaired) electrons. The maximum Gasteiger partial charge on any atom is 0.416 e. The number of quaternary nitrogens is 1. The van der Waals surface area contributed by atoms with Crippen LogP contribution >= 0.6 is 0 Å². The van der Waals surface area contributed by atoms with Gasteiger partial charge in [-0.3, -0.25) is 9.59 Å². The minimum atomic E-state index is -4.39. The smallest absolute Gasteiger partial charge is 0.416 e. The number of carbonyl (C=O) groups is 2. The highest BCUT2D eigenvalue weighted by Crippen LogP contribution is 2.31. The molecule has 2 fully saturated rings. The summed E-state index contributed by atoms with van der Waals surface area (Å²) in [6.45, 7) is 4.96. The van der Waals surface area contributed by atoms with E-state index in [0.717, 1.165) is 29.9 Å². The van der Waals surface area contributed by atoms with Crippen LogP contribution in [0, 0.1) is 0 Å². The maximum atomic E-state index is 13.2. The zero-order chi connectivity index (χ0) is 25.7. The van der Waals surface area contributed by atoms with E-state index in [-0.39, 0.29) is 18.2 Å². The van der Waals surface area contributed by atoms with E-state index in [2.05, 4.69) is 6.92 Å². The molecule has 2 heterocycles. The van der Waals surface area contributed by atoms with Crippen LogP contribution in [0.2, 0.25) is 0 Å². The first kappa shape index (κ1) is 26.0. The Morgan fingerprint density at radius 1 is 0.972 bits per heavy atom. The molecule has 2 amide bonds. The SMILES string of the molecule is CCCCCCOc1ccc(N2C(=O)C[C@H]([NH+]3CCN(c4cccc(C(F)(F)F)c4)CC3)C2=O)cc1. The van der Waals surface area contributed by atoms with Gasteiger partial charge >= 0.3 is 6.18 Å². The van der Waals surface area contributed by atoms with Gasteiger partial charge in [0.1, 0.15) is 5.75 Å². The van der Waals surface area contributed by atoms with Gasteiger partial charge in [-0.25, -0.2) is 4.90 Å². The van der Waals surface area contributed by atoms with Crippen molar-refractivity contribution in [2.45, 2.75) is 51.2 Å². The number of ether oxygens (including phenoxy) is 1. The number of rotatable bonds is 9. The molecule has 1 atom stereocenters. The number of piperazine rings is 1. The number of imide groups is 1. The molecule has 0 bridgehead atoms. The van der Waals surface area contributed by atoms with E-state index >= 15 is 0 Å². The number of nitrogens with zero attached hydrogens (tertiary/aromatic N) is 2. The lowest BCUT2D eigenvalue weighted by Gasteiger charge is -2.35. The molecule has 0 unspecified atom stereocenters. The molecule has 0 aromatic heterocycles. The Morgan fingerprint density at radius 3 is 2.36 bits per heavy atom. The number of unbranched alkanes of at least 4 members (excludes halogenated alkanes) is 3. The van der Waals surface area contributed by atoms with Gasteiger partial charge in [0.2, 0.25) is 5.91 Å². The second-order valence-electron chi connectivity index (χ2n) is 9.42. The molecule has 0 saturated carbocycles. The zero-order valence-corrected chi connectivity index (χ0v) is 20.5. The second kappa shape index (κ2) is 11.3. The third-order valence-electron chi connectivity index (χ3n) is 6.95. The Balaban J connectivity index is 1.33. The van der Waals surface area contributed by atoms with E-state index in [4.69, 9.17) is 4.74 Å².